The standard InChI is InChI=1S/C10H13N3O4S/c1-4-6-10(18-12-4)13(3-11-6)9-8(16)7(15)5(2-14)17-9/h3,5,7-9,14-16H,2H2,1H3/t5-,7-,8+,9-/m1/s1. The Hall–Kier alpha value is -1.06. The molecule has 8 heteroatoms. The topological polar surface area (TPSA) is 101 Å². The van der Waals surface area contributed by atoms with Crippen LogP contribution in [0.5, 0.6) is 0 Å². The van der Waals surface area contributed by atoms with Gasteiger partial charge in [0, 0.05) is 0 Å². The van der Waals surface area contributed by atoms with E-state index < -0.39 is 24.5 Å². The predicted octanol–water partition coefficient (Wildman–Crippen LogP) is -0.587. The summed E-state index contributed by atoms with van der Waals surface area (Å²) in [5, 5.41) is 28.7. The van der Waals surface area contributed by atoms with Gasteiger partial charge >= 0.3 is 0 Å². The Labute approximate surface area is 106 Å². The number of aromatic nitrogens is 3. The molecule has 0 aromatic carbocycles. The average molecular weight is 271 g/mol. The Morgan fingerprint density at radius 1 is 1.44 bits per heavy atom. The molecule has 1 aliphatic heterocycles. The Morgan fingerprint density at radius 2 is 2.22 bits per heavy atom. The van der Waals surface area contributed by atoms with E-state index in [1.165, 1.54) is 11.5 Å². The summed E-state index contributed by atoms with van der Waals surface area (Å²) in [5.41, 5.74) is 1.58. The van der Waals surface area contributed by atoms with Crippen molar-refractivity contribution in [3.05, 3.63) is 12.0 Å². The van der Waals surface area contributed by atoms with Crippen LogP contribution >= 0.6 is 11.5 Å². The lowest BCUT2D eigenvalue weighted by molar-refractivity contribution is -0.0506. The zero-order valence-corrected chi connectivity index (χ0v) is 10.4. The third-order valence-electron chi connectivity index (χ3n) is 3.15. The van der Waals surface area contributed by atoms with E-state index in [4.69, 9.17) is 9.84 Å². The largest absolute Gasteiger partial charge is 0.394 e. The lowest BCUT2D eigenvalue weighted by Crippen LogP contribution is -2.33. The molecule has 0 bridgehead atoms. The fourth-order valence-corrected chi connectivity index (χ4v) is 2.98. The number of aliphatic hydroxyl groups excluding tert-OH is 3. The minimum absolute atomic E-state index is 0.339. The van der Waals surface area contributed by atoms with Gasteiger partial charge in [0.2, 0.25) is 0 Å². The first-order valence-corrected chi connectivity index (χ1v) is 6.32. The number of aliphatic hydroxyl groups is 3. The molecule has 18 heavy (non-hydrogen) atoms. The Morgan fingerprint density at radius 3 is 2.89 bits per heavy atom. The van der Waals surface area contributed by atoms with Crippen LogP contribution in [-0.2, 0) is 4.74 Å². The molecule has 0 amide bonds. The van der Waals surface area contributed by atoms with Crippen molar-refractivity contribution in [3.8, 4) is 0 Å². The molecule has 1 aliphatic rings. The second-order valence-corrected chi connectivity index (χ2v) is 5.05. The van der Waals surface area contributed by atoms with E-state index >= 15 is 0 Å². The first kappa shape index (κ1) is 12.0. The van der Waals surface area contributed by atoms with Crippen molar-refractivity contribution in [2.24, 2.45) is 0 Å². The van der Waals surface area contributed by atoms with Crippen LogP contribution in [0.25, 0.3) is 10.3 Å². The molecular weight excluding hydrogens is 258 g/mol. The van der Waals surface area contributed by atoms with Gasteiger partial charge in [-0.25, -0.2) is 4.98 Å². The van der Waals surface area contributed by atoms with E-state index in [0.29, 0.717) is 0 Å². The van der Waals surface area contributed by atoms with Crippen molar-refractivity contribution in [2.75, 3.05) is 6.61 Å². The highest BCUT2D eigenvalue weighted by molar-refractivity contribution is 7.12. The van der Waals surface area contributed by atoms with E-state index in [0.717, 1.165) is 16.0 Å². The van der Waals surface area contributed by atoms with Gasteiger partial charge in [-0.15, -0.1) is 0 Å². The van der Waals surface area contributed by atoms with Gasteiger partial charge < -0.3 is 20.1 Å². The van der Waals surface area contributed by atoms with Gasteiger partial charge in [-0.3, -0.25) is 4.57 Å². The first-order valence-electron chi connectivity index (χ1n) is 5.54. The number of nitrogens with zero attached hydrogens (tertiary/aromatic N) is 3. The van der Waals surface area contributed by atoms with Crippen LogP contribution in [0.15, 0.2) is 6.33 Å². The molecule has 1 saturated heterocycles. The lowest BCUT2D eigenvalue weighted by atomic mass is 10.1. The minimum Gasteiger partial charge on any atom is -0.394 e. The van der Waals surface area contributed by atoms with Gasteiger partial charge in [0.1, 0.15) is 28.7 Å². The van der Waals surface area contributed by atoms with Crippen LogP contribution in [0, 0.1) is 6.92 Å². The van der Waals surface area contributed by atoms with Crippen LogP contribution in [0.1, 0.15) is 11.9 Å². The molecular formula is C10H13N3O4S. The zero-order chi connectivity index (χ0) is 12.9. The fraction of sp³-hybridized carbons (Fsp3) is 0.600. The Bertz CT molecular complexity index is 568. The molecule has 0 spiro atoms. The number of hydrogen-bond donors (Lipinski definition) is 3. The molecule has 4 atom stereocenters. The molecule has 2 aromatic rings. The molecule has 3 rings (SSSR count). The van der Waals surface area contributed by atoms with Gasteiger partial charge in [-0.2, -0.15) is 4.37 Å². The van der Waals surface area contributed by atoms with E-state index in [9.17, 15) is 10.2 Å². The summed E-state index contributed by atoms with van der Waals surface area (Å²) in [6, 6.07) is 0. The molecule has 3 heterocycles. The molecule has 0 radical (unpaired) electrons. The summed E-state index contributed by atoms with van der Waals surface area (Å²) < 4.78 is 11.3. The monoisotopic (exact) mass is 271 g/mol. The van der Waals surface area contributed by atoms with Gasteiger partial charge in [-0.05, 0) is 18.5 Å². The fourth-order valence-electron chi connectivity index (χ4n) is 2.13. The summed E-state index contributed by atoms with van der Waals surface area (Å²) in [6.07, 6.45) is -2.18. The summed E-state index contributed by atoms with van der Waals surface area (Å²) in [6.45, 7) is 1.52. The van der Waals surface area contributed by atoms with Gasteiger partial charge in [0.15, 0.2) is 6.23 Å². The van der Waals surface area contributed by atoms with Gasteiger partial charge in [0.25, 0.3) is 0 Å². The zero-order valence-electron chi connectivity index (χ0n) is 9.59. The maximum atomic E-state index is 9.95. The molecule has 0 unspecified atom stereocenters. The second kappa shape index (κ2) is 4.25. The normalized spacial score (nSPS) is 32.4. The molecule has 7 nitrogen and oxygen atoms in total. The number of rotatable bonds is 2. The van der Waals surface area contributed by atoms with Crippen LogP contribution in [0.2, 0.25) is 0 Å². The number of imidazole rings is 1. The highest BCUT2D eigenvalue weighted by Gasteiger charge is 2.43. The van der Waals surface area contributed by atoms with E-state index in [1.54, 1.807) is 10.9 Å². The number of aryl methyl sites for hydroxylation is 1. The highest BCUT2D eigenvalue weighted by Crippen LogP contribution is 2.33. The Kier molecular flexibility index (Phi) is 2.83. The smallest absolute Gasteiger partial charge is 0.165 e. The number of fused-ring (bicyclic) bond motifs is 1. The van der Waals surface area contributed by atoms with Crippen molar-refractivity contribution < 1.29 is 20.1 Å². The lowest BCUT2D eigenvalue weighted by Gasteiger charge is -2.15. The van der Waals surface area contributed by atoms with Crippen LogP contribution in [-0.4, -0.2) is 54.2 Å². The molecule has 2 aromatic heterocycles. The number of hydrogen-bond acceptors (Lipinski definition) is 7. The summed E-state index contributed by atoms with van der Waals surface area (Å²) >= 11 is 1.26. The summed E-state index contributed by atoms with van der Waals surface area (Å²) in [5.74, 6) is 0. The molecule has 0 aliphatic carbocycles. The van der Waals surface area contributed by atoms with Crippen LogP contribution in [0.3, 0.4) is 0 Å². The van der Waals surface area contributed by atoms with Crippen LogP contribution in [0.4, 0.5) is 0 Å². The average Bonchev–Trinajstić information content (AvgIpc) is 3.00. The van der Waals surface area contributed by atoms with Crippen molar-refractivity contribution in [1.82, 2.24) is 13.9 Å². The minimum atomic E-state index is -1.11. The third kappa shape index (κ3) is 1.57. The van der Waals surface area contributed by atoms with E-state index in [2.05, 4.69) is 9.36 Å². The molecule has 0 saturated carbocycles. The van der Waals surface area contributed by atoms with Crippen LogP contribution < -0.4 is 0 Å². The molecule has 98 valence electrons. The maximum Gasteiger partial charge on any atom is 0.165 e. The summed E-state index contributed by atoms with van der Waals surface area (Å²) in [7, 11) is 0. The Balaban J connectivity index is 2.00. The van der Waals surface area contributed by atoms with Crippen molar-refractivity contribution in [1.29, 1.82) is 0 Å². The van der Waals surface area contributed by atoms with Crippen molar-refractivity contribution in [3.63, 3.8) is 0 Å². The van der Waals surface area contributed by atoms with E-state index in [-0.39, 0.29) is 6.61 Å². The number of ether oxygens (including phenoxy) is 1. The van der Waals surface area contributed by atoms with Crippen molar-refractivity contribution >= 4 is 21.9 Å². The molecule has 3 N–H and O–H groups in total. The third-order valence-corrected chi connectivity index (χ3v) is 4.09. The molecule has 1 fully saturated rings. The quantitative estimate of drug-likeness (QED) is 0.675. The van der Waals surface area contributed by atoms with E-state index in [1.807, 2.05) is 6.92 Å². The maximum absolute atomic E-state index is 9.95. The van der Waals surface area contributed by atoms with Crippen molar-refractivity contribution in [2.45, 2.75) is 31.5 Å². The van der Waals surface area contributed by atoms with Gasteiger partial charge in [0.05, 0.1) is 18.6 Å². The predicted molar refractivity (Wildman–Crippen MR) is 63.2 cm³/mol. The SMILES string of the molecule is Cc1nsc2c1ncn2[C@@H]1O[C@H](CO)[C@@H](O)[C@@H]1O. The second-order valence-electron chi connectivity index (χ2n) is 4.30. The highest BCUT2D eigenvalue weighted by atomic mass is 32.1. The summed E-state index contributed by atoms with van der Waals surface area (Å²) in [4.78, 5) is 4.99. The van der Waals surface area contributed by atoms with Gasteiger partial charge in [-0.1, -0.05) is 0 Å². The first-order chi connectivity index (χ1) is 8.63.